The predicted molar refractivity (Wildman–Crippen MR) is 84.3 cm³/mol. The maximum Gasteiger partial charge on any atom is 0.243 e. The molecular formula is C13H13Cl2NO2S2. The monoisotopic (exact) mass is 349 g/mol. The molecular weight excluding hydrogens is 337 g/mol. The Kier molecular flexibility index (Phi) is 4.76. The summed E-state index contributed by atoms with van der Waals surface area (Å²) in [5, 5.41) is 0. The number of sulfonamides is 1. The molecule has 0 radical (unpaired) electrons. The number of aryl methyl sites for hydroxylation is 1. The highest BCUT2D eigenvalue weighted by molar-refractivity contribution is 7.89. The van der Waals surface area contributed by atoms with Gasteiger partial charge < -0.3 is 0 Å². The minimum absolute atomic E-state index is 0.0228. The molecule has 0 aliphatic rings. The fraction of sp³-hybridized carbons (Fsp3) is 0.231. The fourth-order valence-electron chi connectivity index (χ4n) is 1.94. The lowest BCUT2D eigenvalue weighted by molar-refractivity contribution is 0.567. The van der Waals surface area contributed by atoms with Crippen LogP contribution in [0.15, 0.2) is 35.2 Å². The molecule has 2 rings (SSSR count). The quantitative estimate of drug-likeness (QED) is 0.888. The Labute approximate surface area is 132 Å². The number of thiophene rings is 1. The highest BCUT2D eigenvalue weighted by Crippen LogP contribution is 2.34. The summed E-state index contributed by atoms with van der Waals surface area (Å²) in [4.78, 5) is 0.0228. The van der Waals surface area contributed by atoms with Gasteiger partial charge in [0.05, 0.1) is 4.34 Å². The zero-order valence-corrected chi connectivity index (χ0v) is 14.0. The normalized spacial score (nSPS) is 13.4. The molecule has 1 aromatic heterocycles. The zero-order chi connectivity index (χ0) is 14.9. The molecule has 20 heavy (non-hydrogen) atoms. The topological polar surface area (TPSA) is 46.2 Å². The van der Waals surface area contributed by atoms with Crippen molar-refractivity contribution in [3.8, 4) is 0 Å². The summed E-state index contributed by atoms with van der Waals surface area (Å²) in [5.41, 5.74) is 1.95. The molecule has 0 amide bonds. The largest absolute Gasteiger partial charge is 0.243 e. The smallest absolute Gasteiger partial charge is 0.207 e. The van der Waals surface area contributed by atoms with Crippen molar-refractivity contribution in [3.63, 3.8) is 0 Å². The molecule has 3 nitrogen and oxygen atoms in total. The van der Waals surface area contributed by atoms with Gasteiger partial charge in [-0.2, -0.15) is 0 Å². The van der Waals surface area contributed by atoms with Crippen LogP contribution < -0.4 is 4.72 Å². The molecule has 1 atom stereocenters. The van der Waals surface area contributed by atoms with E-state index in [4.69, 9.17) is 23.2 Å². The minimum atomic E-state index is -3.69. The Bertz CT molecular complexity index is 726. The zero-order valence-electron chi connectivity index (χ0n) is 10.9. The van der Waals surface area contributed by atoms with Gasteiger partial charge in [0.25, 0.3) is 0 Å². The second kappa shape index (κ2) is 6.03. The van der Waals surface area contributed by atoms with Crippen LogP contribution in [0.5, 0.6) is 0 Å². The van der Waals surface area contributed by atoms with Crippen molar-refractivity contribution < 1.29 is 8.42 Å². The van der Waals surface area contributed by atoms with E-state index in [1.54, 1.807) is 6.92 Å². The molecule has 1 heterocycles. The van der Waals surface area contributed by atoms with Gasteiger partial charge in [0.15, 0.2) is 0 Å². The maximum absolute atomic E-state index is 12.3. The molecule has 1 unspecified atom stereocenters. The van der Waals surface area contributed by atoms with Gasteiger partial charge in [0.2, 0.25) is 10.0 Å². The van der Waals surface area contributed by atoms with E-state index in [9.17, 15) is 8.42 Å². The van der Waals surface area contributed by atoms with Crippen LogP contribution in [-0.2, 0) is 10.0 Å². The molecule has 0 aliphatic carbocycles. The fourth-order valence-corrected chi connectivity index (χ4v) is 5.31. The van der Waals surface area contributed by atoms with Crippen LogP contribution in [0.25, 0.3) is 0 Å². The van der Waals surface area contributed by atoms with E-state index in [2.05, 4.69) is 4.72 Å². The van der Waals surface area contributed by atoms with Gasteiger partial charge in [0, 0.05) is 6.04 Å². The van der Waals surface area contributed by atoms with Crippen molar-refractivity contribution in [2.45, 2.75) is 24.8 Å². The van der Waals surface area contributed by atoms with Gasteiger partial charge in [-0.3, -0.25) is 0 Å². The minimum Gasteiger partial charge on any atom is -0.207 e. The van der Waals surface area contributed by atoms with Gasteiger partial charge in [-0.25, -0.2) is 13.1 Å². The summed E-state index contributed by atoms with van der Waals surface area (Å²) in [5.74, 6) is 0. The Hall–Kier alpha value is -0.590. The van der Waals surface area contributed by atoms with E-state index in [0.29, 0.717) is 4.34 Å². The molecule has 7 heteroatoms. The molecule has 108 valence electrons. The summed E-state index contributed by atoms with van der Waals surface area (Å²) < 4.78 is 27.8. The predicted octanol–water partition coefficient (Wildman–Crippen LogP) is 4.40. The summed E-state index contributed by atoms with van der Waals surface area (Å²) in [6.45, 7) is 3.73. The van der Waals surface area contributed by atoms with Crippen molar-refractivity contribution in [3.05, 3.63) is 50.1 Å². The van der Waals surface area contributed by atoms with E-state index in [-0.39, 0.29) is 15.3 Å². The number of hydrogen-bond acceptors (Lipinski definition) is 3. The van der Waals surface area contributed by atoms with E-state index >= 15 is 0 Å². The number of rotatable bonds is 4. The van der Waals surface area contributed by atoms with Crippen molar-refractivity contribution in [2.24, 2.45) is 0 Å². The third kappa shape index (κ3) is 3.35. The van der Waals surface area contributed by atoms with E-state index in [0.717, 1.165) is 22.5 Å². The molecule has 0 fully saturated rings. The van der Waals surface area contributed by atoms with Crippen LogP contribution in [0, 0.1) is 6.92 Å². The average molecular weight is 350 g/mol. The highest BCUT2D eigenvalue weighted by Gasteiger charge is 2.23. The number of benzene rings is 1. The van der Waals surface area contributed by atoms with E-state index < -0.39 is 10.0 Å². The molecule has 0 bridgehead atoms. The second-order valence-electron chi connectivity index (χ2n) is 4.39. The van der Waals surface area contributed by atoms with Crippen LogP contribution in [0.1, 0.15) is 24.1 Å². The van der Waals surface area contributed by atoms with Crippen LogP contribution in [0.2, 0.25) is 8.67 Å². The Morgan fingerprint density at radius 3 is 2.45 bits per heavy atom. The molecule has 0 saturated heterocycles. The molecule has 2 aromatic rings. The maximum atomic E-state index is 12.3. The van der Waals surface area contributed by atoms with Crippen molar-refractivity contribution in [1.29, 1.82) is 0 Å². The van der Waals surface area contributed by atoms with Crippen molar-refractivity contribution in [2.75, 3.05) is 0 Å². The van der Waals surface area contributed by atoms with Gasteiger partial charge >= 0.3 is 0 Å². The number of nitrogens with one attached hydrogen (secondary N) is 1. The first-order valence-electron chi connectivity index (χ1n) is 5.84. The summed E-state index contributed by atoms with van der Waals surface area (Å²) in [6, 6.07) is 8.63. The second-order valence-corrected chi connectivity index (χ2v) is 8.36. The van der Waals surface area contributed by atoms with Crippen molar-refractivity contribution >= 4 is 44.6 Å². The van der Waals surface area contributed by atoms with Crippen LogP contribution in [0.3, 0.4) is 0 Å². The SMILES string of the molecule is Cc1ccccc1C(C)NS(=O)(=O)c1cc(Cl)sc1Cl. The number of halogens is 2. The summed E-state index contributed by atoms with van der Waals surface area (Å²) in [7, 11) is -3.69. The van der Waals surface area contributed by atoms with Gasteiger partial charge in [-0.15, -0.1) is 11.3 Å². The van der Waals surface area contributed by atoms with Crippen LogP contribution >= 0.6 is 34.5 Å². The lowest BCUT2D eigenvalue weighted by Gasteiger charge is -2.16. The van der Waals surface area contributed by atoms with Gasteiger partial charge in [-0.05, 0) is 31.0 Å². The molecule has 1 aromatic carbocycles. The lowest BCUT2D eigenvalue weighted by atomic mass is 10.0. The molecule has 0 spiro atoms. The first-order valence-corrected chi connectivity index (χ1v) is 8.89. The molecule has 0 aliphatic heterocycles. The average Bonchev–Trinajstić information content (AvgIpc) is 2.69. The first-order chi connectivity index (χ1) is 9.31. The molecule has 1 N–H and O–H groups in total. The third-order valence-electron chi connectivity index (χ3n) is 2.90. The Morgan fingerprint density at radius 1 is 1.25 bits per heavy atom. The Morgan fingerprint density at radius 2 is 1.90 bits per heavy atom. The summed E-state index contributed by atoms with van der Waals surface area (Å²) in [6.07, 6.45) is 0. The molecule has 0 saturated carbocycles. The van der Waals surface area contributed by atoms with Crippen LogP contribution in [-0.4, -0.2) is 8.42 Å². The van der Waals surface area contributed by atoms with Crippen LogP contribution in [0.4, 0.5) is 0 Å². The van der Waals surface area contributed by atoms with Crippen molar-refractivity contribution in [1.82, 2.24) is 4.72 Å². The van der Waals surface area contributed by atoms with E-state index in [1.165, 1.54) is 6.07 Å². The van der Waals surface area contributed by atoms with Gasteiger partial charge in [0.1, 0.15) is 9.23 Å². The van der Waals surface area contributed by atoms with Gasteiger partial charge in [-0.1, -0.05) is 47.5 Å². The standard InChI is InChI=1S/C13H13Cl2NO2S2/c1-8-5-3-4-6-10(8)9(2)16-20(17,18)11-7-12(14)19-13(11)15/h3-7,9,16H,1-2H3. The number of hydrogen-bond donors (Lipinski definition) is 1. The lowest BCUT2D eigenvalue weighted by Crippen LogP contribution is -2.27. The third-order valence-corrected chi connectivity index (χ3v) is 6.20. The van der Waals surface area contributed by atoms with E-state index in [1.807, 2.05) is 31.2 Å². The summed E-state index contributed by atoms with van der Waals surface area (Å²) >= 11 is 12.7. The Balaban J connectivity index is 2.29. The highest BCUT2D eigenvalue weighted by atomic mass is 35.5. The first kappa shape index (κ1) is 15.8.